The van der Waals surface area contributed by atoms with Crippen LogP contribution in [0.2, 0.25) is 0 Å². The highest BCUT2D eigenvalue weighted by atomic mass is 35.5. The van der Waals surface area contributed by atoms with Crippen molar-refractivity contribution in [1.29, 1.82) is 0 Å². The zero-order chi connectivity index (χ0) is 9.66. The van der Waals surface area contributed by atoms with Crippen molar-refractivity contribution in [2.75, 3.05) is 19.5 Å². The molecular formula is C9H17ClN2. The highest BCUT2D eigenvalue weighted by Crippen LogP contribution is 1.73. The van der Waals surface area contributed by atoms with E-state index in [0.29, 0.717) is 13.1 Å². The van der Waals surface area contributed by atoms with Crippen molar-refractivity contribution in [2.45, 2.75) is 6.92 Å². The second-order valence-corrected chi connectivity index (χ2v) is 1.75. The van der Waals surface area contributed by atoms with Gasteiger partial charge >= 0.3 is 0 Å². The quantitative estimate of drug-likeness (QED) is 0.409. The van der Waals surface area contributed by atoms with Gasteiger partial charge in [0, 0.05) is 19.1 Å². The number of allylic oxidation sites excluding steroid dienone is 4. The number of halogens is 1. The first-order valence-corrected chi connectivity index (χ1v) is 4.53. The van der Waals surface area contributed by atoms with E-state index in [9.17, 15) is 0 Å². The standard InChI is InChI=1S/C8H14N2.CH3Cl/c1-2-3-4-5-7-10-8-6-9;1-2/h2-5,7H,6,8-9H2,1H3;1H3/b3-2-,5-4-,10-7?;. The Morgan fingerprint density at radius 3 is 2.42 bits per heavy atom. The summed E-state index contributed by atoms with van der Waals surface area (Å²) in [7, 11) is 0. The van der Waals surface area contributed by atoms with Gasteiger partial charge in [0.15, 0.2) is 0 Å². The van der Waals surface area contributed by atoms with Crippen LogP contribution in [0, 0.1) is 0 Å². The minimum Gasteiger partial charge on any atom is -0.329 e. The summed E-state index contributed by atoms with van der Waals surface area (Å²) in [4.78, 5) is 3.99. The SMILES string of the molecule is C/C=C\C=C/C=NCCN.CCl. The molecule has 0 aromatic heterocycles. The smallest absolute Gasteiger partial charge is 0.0511 e. The molecule has 0 amide bonds. The normalized spacial score (nSPS) is 11.0. The molecule has 2 nitrogen and oxygen atoms in total. The van der Waals surface area contributed by atoms with Crippen LogP contribution < -0.4 is 5.73 Å². The van der Waals surface area contributed by atoms with Gasteiger partial charge in [0.2, 0.25) is 0 Å². The highest BCUT2D eigenvalue weighted by Gasteiger charge is 1.67. The average molecular weight is 189 g/mol. The number of rotatable bonds is 4. The van der Waals surface area contributed by atoms with Crippen LogP contribution in [0.1, 0.15) is 6.92 Å². The fraction of sp³-hybridized carbons (Fsp3) is 0.444. The van der Waals surface area contributed by atoms with Gasteiger partial charge in [-0.25, -0.2) is 0 Å². The molecule has 0 radical (unpaired) electrons. The number of nitrogens with two attached hydrogens (primary N) is 1. The van der Waals surface area contributed by atoms with E-state index in [1.165, 1.54) is 6.38 Å². The Labute approximate surface area is 79.8 Å². The lowest BCUT2D eigenvalue weighted by Crippen LogP contribution is -2.01. The summed E-state index contributed by atoms with van der Waals surface area (Å²) in [6.07, 6.45) is 11.0. The Balaban J connectivity index is 0. The van der Waals surface area contributed by atoms with Crippen molar-refractivity contribution in [3.8, 4) is 0 Å². The monoisotopic (exact) mass is 188 g/mol. The Hall–Kier alpha value is -0.600. The highest BCUT2D eigenvalue weighted by molar-refractivity contribution is 6.15. The Morgan fingerprint density at radius 1 is 1.25 bits per heavy atom. The molecule has 0 aliphatic heterocycles. The summed E-state index contributed by atoms with van der Waals surface area (Å²) in [5.41, 5.74) is 5.22. The van der Waals surface area contributed by atoms with E-state index in [1.807, 2.05) is 31.2 Å². The lowest BCUT2D eigenvalue weighted by Gasteiger charge is -1.80. The summed E-state index contributed by atoms with van der Waals surface area (Å²) in [6, 6.07) is 0. The second-order valence-electron chi connectivity index (χ2n) is 1.75. The van der Waals surface area contributed by atoms with Crippen LogP contribution in [-0.2, 0) is 0 Å². The molecule has 0 aromatic carbocycles. The summed E-state index contributed by atoms with van der Waals surface area (Å²) in [5.74, 6) is 0. The number of nitrogens with zero attached hydrogens (tertiary/aromatic N) is 1. The van der Waals surface area contributed by atoms with Crippen LogP contribution >= 0.6 is 11.6 Å². The summed E-state index contributed by atoms with van der Waals surface area (Å²) in [5, 5.41) is 0. The Bertz CT molecular complexity index is 139. The van der Waals surface area contributed by atoms with Gasteiger partial charge in [-0.3, -0.25) is 4.99 Å². The van der Waals surface area contributed by atoms with Gasteiger partial charge < -0.3 is 5.73 Å². The van der Waals surface area contributed by atoms with Gasteiger partial charge in [0.1, 0.15) is 0 Å². The molecular weight excluding hydrogens is 172 g/mol. The van der Waals surface area contributed by atoms with Crippen LogP contribution in [0.25, 0.3) is 0 Å². The van der Waals surface area contributed by atoms with Gasteiger partial charge in [0.25, 0.3) is 0 Å². The van der Waals surface area contributed by atoms with Crippen LogP contribution in [0.5, 0.6) is 0 Å². The minimum absolute atomic E-state index is 0.619. The Morgan fingerprint density at radius 2 is 1.92 bits per heavy atom. The summed E-state index contributed by atoms with van der Waals surface area (Å²) >= 11 is 4.64. The van der Waals surface area contributed by atoms with Crippen molar-refractivity contribution >= 4 is 17.8 Å². The van der Waals surface area contributed by atoms with Gasteiger partial charge in [-0.2, -0.15) is 0 Å². The maximum Gasteiger partial charge on any atom is 0.0511 e. The van der Waals surface area contributed by atoms with Gasteiger partial charge in [-0.15, -0.1) is 11.6 Å². The summed E-state index contributed by atoms with van der Waals surface area (Å²) < 4.78 is 0. The van der Waals surface area contributed by atoms with Crippen LogP contribution in [0.15, 0.2) is 29.3 Å². The molecule has 3 heteroatoms. The predicted molar refractivity (Wildman–Crippen MR) is 58.1 cm³/mol. The molecule has 0 fully saturated rings. The van der Waals surface area contributed by atoms with Crippen molar-refractivity contribution in [3.63, 3.8) is 0 Å². The minimum atomic E-state index is 0.619. The first kappa shape index (κ1) is 14.0. The fourth-order valence-electron chi connectivity index (χ4n) is 0.435. The second kappa shape index (κ2) is 16.8. The van der Waals surface area contributed by atoms with Crippen LogP contribution in [0.4, 0.5) is 0 Å². The van der Waals surface area contributed by atoms with E-state index in [0.717, 1.165) is 0 Å². The van der Waals surface area contributed by atoms with Crippen molar-refractivity contribution in [2.24, 2.45) is 10.7 Å². The largest absolute Gasteiger partial charge is 0.329 e. The number of alkyl halides is 1. The fourth-order valence-corrected chi connectivity index (χ4v) is 0.435. The zero-order valence-corrected chi connectivity index (χ0v) is 8.46. The van der Waals surface area contributed by atoms with E-state index in [1.54, 1.807) is 6.21 Å². The molecule has 0 rings (SSSR count). The maximum absolute atomic E-state index is 5.22. The van der Waals surface area contributed by atoms with Crippen LogP contribution in [0.3, 0.4) is 0 Å². The van der Waals surface area contributed by atoms with Gasteiger partial charge in [-0.1, -0.05) is 18.2 Å². The number of aliphatic imine (C=N–C) groups is 1. The van der Waals surface area contributed by atoms with E-state index in [4.69, 9.17) is 5.73 Å². The lowest BCUT2D eigenvalue weighted by atomic mass is 10.4. The molecule has 0 aliphatic carbocycles. The molecule has 0 aliphatic rings. The van der Waals surface area contributed by atoms with E-state index < -0.39 is 0 Å². The van der Waals surface area contributed by atoms with E-state index in [-0.39, 0.29) is 0 Å². The van der Waals surface area contributed by atoms with Crippen LogP contribution in [-0.4, -0.2) is 25.7 Å². The van der Waals surface area contributed by atoms with Crippen molar-refractivity contribution < 1.29 is 0 Å². The molecule has 0 aromatic rings. The molecule has 0 saturated heterocycles. The molecule has 0 atom stereocenters. The molecule has 2 N–H and O–H groups in total. The molecule has 0 spiro atoms. The van der Waals surface area contributed by atoms with E-state index in [2.05, 4.69) is 16.6 Å². The molecule has 0 unspecified atom stereocenters. The third-order valence-electron chi connectivity index (χ3n) is 0.864. The number of hydrogen-bond donors (Lipinski definition) is 1. The Kier molecular flexibility index (Phi) is 19.5. The number of hydrogen-bond acceptors (Lipinski definition) is 2. The average Bonchev–Trinajstić information content (AvgIpc) is 2.15. The summed E-state index contributed by atoms with van der Waals surface area (Å²) in [6.45, 7) is 3.30. The molecule has 0 saturated carbocycles. The third kappa shape index (κ3) is 16.2. The van der Waals surface area contributed by atoms with Gasteiger partial charge in [-0.05, 0) is 13.0 Å². The molecule has 12 heavy (non-hydrogen) atoms. The predicted octanol–water partition coefficient (Wildman–Crippen LogP) is 2.00. The maximum atomic E-state index is 5.22. The molecule has 0 bridgehead atoms. The lowest BCUT2D eigenvalue weighted by molar-refractivity contribution is 0.981. The van der Waals surface area contributed by atoms with E-state index >= 15 is 0 Å². The van der Waals surface area contributed by atoms with Crippen molar-refractivity contribution in [3.05, 3.63) is 24.3 Å². The zero-order valence-electron chi connectivity index (χ0n) is 7.70. The first-order valence-electron chi connectivity index (χ1n) is 3.77. The topological polar surface area (TPSA) is 38.4 Å². The molecule has 0 heterocycles. The van der Waals surface area contributed by atoms with Gasteiger partial charge in [0.05, 0.1) is 6.54 Å². The van der Waals surface area contributed by atoms with Crippen molar-refractivity contribution in [1.82, 2.24) is 0 Å². The molecule has 70 valence electrons. The third-order valence-corrected chi connectivity index (χ3v) is 0.864. The first-order chi connectivity index (χ1) is 5.91.